The minimum absolute atomic E-state index is 0.281. The van der Waals surface area contributed by atoms with Crippen LogP contribution in [0.5, 0.6) is 0 Å². The summed E-state index contributed by atoms with van der Waals surface area (Å²) < 4.78 is 18.5. The molecule has 1 aliphatic heterocycles. The average molecular weight is 370 g/mol. The Balaban J connectivity index is 1.22. The Morgan fingerprint density at radius 3 is 2.73 bits per heavy atom. The summed E-state index contributed by atoms with van der Waals surface area (Å²) >= 11 is 2.01. The summed E-state index contributed by atoms with van der Waals surface area (Å²) in [5, 5.41) is 5.77. The zero-order valence-electron chi connectivity index (χ0n) is 14.7. The van der Waals surface area contributed by atoms with Crippen molar-refractivity contribution in [2.75, 3.05) is 19.6 Å². The van der Waals surface area contributed by atoms with E-state index < -0.39 is 0 Å². The van der Waals surface area contributed by atoms with Crippen LogP contribution in [0, 0.1) is 5.82 Å². The third-order valence-electron chi connectivity index (χ3n) is 4.98. The quantitative estimate of drug-likeness (QED) is 0.600. The molecule has 136 valence electrons. The molecule has 0 atom stereocenters. The lowest BCUT2D eigenvalue weighted by molar-refractivity contribution is 0.230. The zero-order chi connectivity index (χ0) is 17.8. The molecule has 5 heteroatoms. The highest BCUT2D eigenvalue weighted by molar-refractivity contribution is 8.00. The monoisotopic (exact) mass is 370 g/mol. The molecule has 0 radical (unpaired) electrons. The van der Waals surface area contributed by atoms with Crippen LogP contribution in [0.4, 0.5) is 4.39 Å². The van der Waals surface area contributed by atoms with Gasteiger partial charge in [-0.25, -0.2) is 4.39 Å². The van der Waals surface area contributed by atoms with Gasteiger partial charge in [0.15, 0.2) is 5.58 Å². The molecule has 2 heterocycles. The highest BCUT2D eigenvalue weighted by atomic mass is 32.2. The lowest BCUT2D eigenvalue weighted by Gasteiger charge is -2.31. The van der Waals surface area contributed by atoms with Crippen LogP contribution in [0.2, 0.25) is 0 Å². The van der Waals surface area contributed by atoms with Gasteiger partial charge in [0.05, 0.1) is 5.69 Å². The van der Waals surface area contributed by atoms with Crippen molar-refractivity contribution in [3.63, 3.8) is 0 Å². The number of fused-ring (bicyclic) bond motifs is 1. The van der Waals surface area contributed by atoms with Crippen molar-refractivity contribution >= 4 is 22.7 Å². The number of aromatic nitrogens is 1. The summed E-state index contributed by atoms with van der Waals surface area (Å²) in [7, 11) is 0. The van der Waals surface area contributed by atoms with Gasteiger partial charge in [0.2, 0.25) is 0 Å². The van der Waals surface area contributed by atoms with E-state index in [4.69, 9.17) is 4.52 Å². The summed E-state index contributed by atoms with van der Waals surface area (Å²) in [4.78, 5) is 3.92. The van der Waals surface area contributed by atoms with E-state index in [9.17, 15) is 4.39 Å². The topological polar surface area (TPSA) is 29.3 Å². The van der Waals surface area contributed by atoms with Crippen molar-refractivity contribution in [1.29, 1.82) is 0 Å². The SMILES string of the molecule is Fc1ccc2c(CCCN3CCC(Sc4ccccc4)CC3)noc2c1. The predicted octanol–water partition coefficient (Wildman–Crippen LogP) is 5.16. The number of halogens is 1. The molecule has 0 N–H and O–H groups in total. The summed E-state index contributed by atoms with van der Waals surface area (Å²) in [6.45, 7) is 3.41. The predicted molar refractivity (Wildman–Crippen MR) is 104 cm³/mol. The van der Waals surface area contributed by atoms with Gasteiger partial charge in [0.1, 0.15) is 5.82 Å². The molecule has 3 nitrogen and oxygen atoms in total. The molecular weight excluding hydrogens is 347 g/mol. The second-order valence-electron chi connectivity index (χ2n) is 6.85. The molecule has 4 rings (SSSR count). The van der Waals surface area contributed by atoms with Crippen LogP contribution < -0.4 is 0 Å². The number of rotatable bonds is 6. The minimum Gasteiger partial charge on any atom is -0.356 e. The molecule has 1 aliphatic rings. The molecule has 0 bridgehead atoms. The van der Waals surface area contributed by atoms with E-state index in [-0.39, 0.29) is 5.82 Å². The Hall–Kier alpha value is -1.85. The van der Waals surface area contributed by atoms with Gasteiger partial charge in [-0.1, -0.05) is 23.4 Å². The Kier molecular flexibility index (Phi) is 5.56. The number of likely N-dealkylation sites (tertiary alicyclic amines) is 1. The number of hydrogen-bond acceptors (Lipinski definition) is 4. The summed E-state index contributed by atoms with van der Waals surface area (Å²) in [5.41, 5.74) is 1.48. The van der Waals surface area contributed by atoms with E-state index in [0.29, 0.717) is 5.58 Å². The molecular formula is C21H23FN2OS. The van der Waals surface area contributed by atoms with Gasteiger partial charge in [-0.3, -0.25) is 0 Å². The average Bonchev–Trinajstić information content (AvgIpc) is 3.06. The van der Waals surface area contributed by atoms with Crippen molar-refractivity contribution < 1.29 is 8.91 Å². The fourth-order valence-electron chi connectivity index (χ4n) is 3.56. The largest absolute Gasteiger partial charge is 0.356 e. The van der Waals surface area contributed by atoms with Crippen LogP contribution in [-0.4, -0.2) is 34.9 Å². The number of piperidine rings is 1. The number of nitrogens with zero attached hydrogens (tertiary/aromatic N) is 2. The fraction of sp³-hybridized carbons (Fsp3) is 0.381. The molecule has 26 heavy (non-hydrogen) atoms. The molecule has 0 unspecified atom stereocenters. The van der Waals surface area contributed by atoms with Gasteiger partial charge >= 0.3 is 0 Å². The lowest BCUT2D eigenvalue weighted by atomic mass is 10.1. The van der Waals surface area contributed by atoms with E-state index in [2.05, 4.69) is 40.4 Å². The molecule has 0 saturated carbocycles. The van der Waals surface area contributed by atoms with Crippen LogP contribution in [-0.2, 0) is 6.42 Å². The Bertz CT molecular complexity index is 844. The summed E-state index contributed by atoms with van der Waals surface area (Å²) in [6, 6.07) is 15.3. The molecule has 0 amide bonds. The van der Waals surface area contributed by atoms with Crippen molar-refractivity contribution in [3.05, 3.63) is 60.0 Å². The van der Waals surface area contributed by atoms with Gasteiger partial charge in [0.25, 0.3) is 0 Å². The van der Waals surface area contributed by atoms with E-state index in [1.807, 2.05) is 11.8 Å². The van der Waals surface area contributed by atoms with Crippen LogP contribution in [0.3, 0.4) is 0 Å². The van der Waals surface area contributed by atoms with Crippen LogP contribution >= 0.6 is 11.8 Å². The molecule has 3 aromatic rings. The lowest BCUT2D eigenvalue weighted by Crippen LogP contribution is -2.35. The van der Waals surface area contributed by atoms with E-state index in [0.717, 1.165) is 48.8 Å². The second kappa shape index (κ2) is 8.23. The standard InChI is InChI=1S/C21H23FN2OS/c22-16-8-9-19-20(23-25-21(19)15-16)7-4-12-24-13-10-18(11-14-24)26-17-5-2-1-3-6-17/h1-3,5-6,8-9,15,18H,4,7,10-14H2. The Morgan fingerprint density at radius 2 is 1.92 bits per heavy atom. The van der Waals surface area contributed by atoms with E-state index in [1.54, 1.807) is 6.07 Å². The first-order chi connectivity index (χ1) is 12.8. The zero-order valence-corrected chi connectivity index (χ0v) is 15.6. The highest BCUT2D eigenvalue weighted by Gasteiger charge is 2.20. The molecule has 1 aromatic heterocycles. The van der Waals surface area contributed by atoms with Gasteiger partial charge in [-0.2, -0.15) is 0 Å². The van der Waals surface area contributed by atoms with Crippen molar-refractivity contribution in [1.82, 2.24) is 10.1 Å². The van der Waals surface area contributed by atoms with Crippen molar-refractivity contribution in [2.24, 2.45) is 0 Å². The maximum atomic E-state index is 13.2. The summed E-state index contributed by atoms with van der Waals surface area (Å²) in [6.07, 6.45) is 4.41. The molecule has 0 aliphatic carbocycles. The van der Waals surface area contributed by atoms with Crippen LogP contribution in [0.1, 0.15) is 25.0 Å². The number of aryl methyl sites for hydroxylation is 1. The third-order valence-corrected chi connectivity index (χ3v) is 6.33. The van der Waals surface area contributed by atoms with Crippen molar-refractivity contribution in [3.8, 4) is 0 Å². The van der Waals surface area contributed by atoms with Gasteiger partial charge in [-0.15, -0.1) is 11.8 Å². The minimum atomic E-state index is -0.281. The van der Waals surface area contributed by atoms with Gasteiger partial charge < -0.3 is 9.42 Å². The second-order valence-corrected chi connectivity index (χ2v) is 8.22. The summed E-state index contributed by atoms with van der Waals surface area (Å²) in [5.74, 6) is -0.281. The highest BCUT2D eigenvalue weighted by Crippen LogP contribution is 2.30. The maximum Gasteiger partial charge on any atom is 0.170 e. The van der Waals surface area contributed by atoms with Crippen LogP contribution in [0.15, 0.2) is 57.9 Å². The third kappa shape index (κ3) is 4.27. The van der Waals surface area contributed by atoms with E-state index >= 15 is 0 Å². The van der Waals surface area contributed by atoms with E-state index in [1.165, 1.54) is 29.9 Å². The fourth-order valence-corrected chi connectivity index (χ4v) is 4.70. The number of thioether (sulfide) groups is 1. The Labute approximate surface area is 157 Å². The number of hydrogen-bond donors (Lipinski definition) is 0. The van der Waals surface area contributed by atoms with Gasteiger partial charge in [-0.05, 0) is 69.6 Å². The first kappa shape index (κ1) is 17.6. The normalized spacial score (nSPS) is 16.3. The molecule has 2 aromatic carbocycles. The Morgan fingerprint density at radius 1 is 1.12 bits per heavy atom. The van der Waals surface area contributed by atoms with Crippen molar-refractivity contribution in [2.45, 2.75) is 35.8 Å². The molecule has 1 saturated heterocycles. The first-order valence-corrected chi connectivity index (χ1v) is 10.1. The van der Waals surface area contributed by atoms with Crippen LogP contribution in [0.25, 0.3) is 11.0 Å². The number of benzene rings is 2. The van der Waals surface area contributed by atoms with Gasteiger partial charge in [0, 0.05) is 21.6 Å². The first-order valence-electron chi connectivity index (χ1n) is 9.26. The maximum absolute atomic E-state index is 13.2. The smallest absolute Gasteiger partial charge is 0.170 e. The molecule has 0 spiro atoms. The molecule has 1 fully saturated rings.